The molecule has 0 saturated heterocycles. The summed E-state index contributed by atoms with van der Waals surface area (Å²) in [6.07, 6.45) is -9.39. The molecule has 0 aliphatic rings. The van der Waals surface area contributed by atoms with Gasteiger partial charge in [-0.3, -0.25) is 0 Å². The molecule has 0 atom stereocenters. The molecule has 176 valence electrons. The van der Waals surface area contributed by atoms with Gasteiger partial charge in [0, 0.05) is 14.2 Å². The van der Waals surface area contributed by atoms with Crippen LogP contribution >= 0.6 is 0 Å². The lowest BCUT2D eigenvalue weighted by atomic mass is 9.98. The maximum absolute atomic E-state index is 13.5. The van der Waals surface area contributed by atoms with Gasteiger partial charge in [0.25, 0.3) is 10.0 Å². The van der Waals surface area contributed by atoms with Gasteiger partial charge in [0.1, 0.15) is 0 Å². The second kappa shape index (κ2) is 7.88. The number of methoxy groups -OCH3 is 2. The summed E-state index contributed by atoms with van der Waals surface area (Å²) in [7, 11) is -5.58. The van der Waals surface area contributed by atoms with E-state index < -0.39 is 58.0 Å². The van der Waals surface area contributed by atoms with Crippen LogP contribution in [0.5, 0.6) is 0 Å². The van der Waals surface area contributed by atoms with Gasteiger partial charge in [0.05, 0.1) is 6.54 Å². The summed E-state index contributed by atoms with van der Waals surface area (Å²) in [5.41, 5.74) is 0. The maximum Gasteiger partial charge on any atom is 0.460 e. The van der Waals surface area contributed by atoms with Crippen molar-refractivity contribution in [3.05, 3.63) is 0 Å². The zero-order valence-electron chi connectivity index (χ0n) is 13.7. The van der Waals surface area contributed by atoms with Crippen molar-refractivity contribution in [2.75, 3.05) is 20.8 Å². The van der Waals surface area contributed by atoms with Crippen LogP contribution < -0.4 is 4.72 Å². The molecule has 0 unspecified atom stereocenters. The van der Waals surface area contributed by atoms with Crippen LogP contribution in [0.4, 0.5) is 57.1 Å². The molecule has 0 fully saturated rings. The minimum atomic E-state index is -8.21. The first-order valence-corrected chi connectivity index (χ1v) is 7.98. The molecule has 29 heavy (non-hydrogen) atoms. The van der Waals surface area contributed by atoms with Crippen molar-refractivity contribution < 1.29 is 75.0 Å². The first-order valence-electron chi connectivity index (χ1n) is 6.50. The Morgan fingerprint density at radius 1 is 0.690 bits per heavy atom. The van der Waals surface area contributed by atoms with Crippen LogP contribution in [0.2, 0.25) is 0 Å². The highest BCUT2D eigenvalue weighted by Crippen LogP contribution is 2.60. The van der Waals surface area contributed by atoms with Gasteiger partial charge in [0.15, 0.2) is 6.29 Å². The smallest absolute Gasteiger partial charge is 0.355 e. The van der Waals surface area contributed by atoms with Gasteiger partial charge in [-0.15, -0.1) is 0 Å². The second-order valence-electron chi connectivity index (χ2n) is 5.06. The Kier molecular flexibility index (Phi) is 7.58. The lowest BCUT2D eigenvalue weighted by Crippen LogP contribution is -2.71. The van der Waals surface area contributed by atoms with Gasteiger partial charge in [0.2, 0.25) is 0 Å². The van der Waals surface area contributed by atoms with E-state index in [-0.39, 0.29) is 0 Å². The van der Waals surface area contributed by atoms with E-state index >= 15 is 0 Å². The van der Waals surface area contributed by atoms with Crippen molar-refractivity contribution >= 4 is 10.0 Å². The van der Waals surface area contributed by atoms with Crippen molar-refractivity contribution in [3.63, 3.8) is 0 Å². The molecular weight excluding hydrogens is 477 g/mol. The average molecular weight is 487 g/mol. The van der Waals surface area contributed by atoms with E-state index in [4.69, 9.17) is 0 Å². The SMILES string of the molecule is COC(CNS(=O)(=O)C(F)(F)C(F)(F)C(F)(F)C(F)(F)C(F)(F)C(F)(F)F)OC. The zero-order chi connectivity index (χ0) is 23.9. The minimum Gasteiger partial charge on any atom is -0.355 e. The number of ether oxygens (including phenoxy) is 2. The Balaban J connectivity index is 6.30. The molecule has 5 nitrogen and oxygen atoms in total. The highest BCUT2D eigenvalue weighted by Gasteiger charge is 2.92. The number of alkyl halides is 13. The summed E-state index contributed by atoms with van der Waals surface area (Å²) in [5, 5.41) is -7.30. The third-order valence-electron chi connectivity index (χ3n) is 3.21. The van der Waals surface area contributed by atoms with Gasteiger partial charge >= 0.3 is 35.1 Å². The van der Waals surface area contributed by atoms with Crippen molar-refractivity contribution in [2.24, 2.45) is 0 Å². The highest BCUT2D eigenvalue weighted by molar-refractivity contribution is 7.90. The summed E-state index contributed by atoms with van der Waals surface area (Å²) in [6.45, 7) is -1.50. The van der Waals surface area contributed by atoms with Crippen LogP contribution in [0.15, 0.2) is 0 Å². The van der Waals surface area contributed by atoms with Gasteiger partial charge in [-0.25, -0.2) is 13.1 Å². The van der Waals surface area contributed by atoms with Crippen LogP contribution in [0.3, 0.4) is 0 Å². The molecule has 1 N–H and O–H groups in total. The molecule has 0 amide bonds. The quantitative estimate of drug-likeness (QED) is 0.380. The number of nitrogens with one attached hydrogen (secondary N) is 1. The predicted octanol–water partition coefficient (Wildman–Crippen LogP) is 3.22. The van der Waals surface area contributed by atoms with E-state index in [1.165, 1.54) is 0 Å². The van der Waals surface area contributed by atoms with E-state index in [1.807, 2.05) is 0 Å². The van der Waals surface area contributed by atoms with Crippen molar-refractivity contribution in [3.8, 4) is 0 Å². The number of sulfonamides is 1. The molecule has 19 heteroatoms. The lowest BCUT2D eigenvalue weighted by molar-refractivity contribution is -0.433. The van der Waals surface area contributed by atoms with Gasteiger partial charge in [-0.1, -0.05) is 0 Å². The fourth-order valence-electron chi connectivity index (χ4n) is 1.46. The van der Waals surface area contributed by atoms with Crippen molar-refractivity contribution in [2.45, 2.75) is 41.4 Å². The molecule has 0 spiro atoms. The fraction of sp³-hybridized carbons (Fsp3) is 1.00. The predicted molar refractivity (Wildman–Crippen MR) is 65.5 cm³/mol. The summed E-state index contributed by atoms with van der Waals surface area (Å²) in [5.74, 6) is -32.3. The lowest BCUT2D eigenvalue weighted by Gasteiger charge is -2.39. The average Bonchev–Trinajstić information content (AvgIpc) is 2.53. The summed E-state index contributed by atoms with van der Waals surface area (Å²) in [4.78, 5) is 0. The molecule has 0 rings (SSSR count). The van der Waals surface area contributed by atoms with E-state index in [2.05, 4.69) is 9.47 Å². The summed E-state index contributed by atoms with van der Waals surface area (Å²) < 4.78 is 199. The van der Waals surface area contributed by atoms with E-state index in [0.29, 0.717) is 4.72 Å². The molecular formula is C10H10F13NO4S. The summed E-state index contributed by atoms with van der Waals surface area (Å²) >= 11 is 0. The number of halogens is 13. The molecule has 0 aromatic rings. The topological polar surface area (TPSA) is 64.6 Å². The van der Waals surface area contributed by atoms with Gasteiger partial charge < -0.3 is 9.47 Å². The Labute approximate surface area is 153 Å². The molecule has 0 aliphatic heterocycles. The van der Waals surface area contributed by atoms with Crippen LogP contribution in [0.1, 0.15) is 0 Å². The Morgan fingerprint density at radius 3 is 1.34 bits per heavy atom. The molecule has 0 aliphatic carbocycles. The molecule has 0 aromatic heterocycles. The van der Waals surface area contributed by atoms with Crippen molar-refractivity contribution in [1.29, 1.82) is 0 Å². The third-order valence-corrected chi connectivity index (χ3v) is 4.69. The standard InChI is InChI=1S/C10H10F13NO4S/c1-27-4(28-2)3-24-29(25,26)10(22,23)8(17,18)6(13,14)5(11,12)7(15,16)9(19,20)21/h4,24H,3H2,1-2H3. The normalized spacial score (nSPS) is 15.9. The number of hydrogen-bond donors (Lipinski definition) is 1. The van der Waals surface area contributed by atoms with Crippen molar-refractivity contribution in [1.82, 2.24) is 4.72 Å². The highest BCUT2D eigenvalue weighted by atomic mass is 32.2. The number of hydrogen-bond acceptors (Lipinski definition) is 4. The Hall–Kier alpha value is -1.08. The zero-order valence-corrected chi connectivity index (χ0v) is 14.6. The third kappa shape index (κ3) is 4.22. The molecule has 0 heterocycles. The largest absolute Gasteiger partial charge is 0.460 e. The van der Waals surface area contributed by atoms with E-state index in [0.717, 1.165) is 14.2 Å². The molecule has 0 radical (unpaired) electrons. The second-order valence-corrected chi connectivity index (χ2v) is 6.87. The first kappa shape index (κ1) is 27.9. The minimum absolute atomic E-state index is 0.504. The van der Waals surface area contributed by atoms with Gasteiger partial charge in [-0.2, -0.15) is 57.1 Å². The molecule has 0 saturated carbocycles. The van der Waals surface area contributed by atoms with Crippen LogP contribution in [-0.4, -0.2) is 70.6 Å². The van der Waals surface area contributed by atoms with Gasteiger partial charge in [-0.05, 0) is 0 Å². The molecule has 0 aromatic carbocycles. The van der Waals surface area contributed by atoms with Crippen LogP contribution in [0, 0.1) is 0 Å². The fourth-order valence-corrected chi connectivity index (χ4v) is 2.46. The van der Waals surface area contributed by atoms with Crippen LogP contribution in [0.25, 0.3) is 0 Å². The van der Waals surface area contributed by atoms with E-state index in [1.54, 1.807) is 0 Å². The molecule has 0 bridgehead atoms. The Bertz CT molecular complexity index is 672. The van der Waals surface area contributed by atoms with E-state index in [9.17, 15) is 65.5 Å². The summed E-state index contributed by atoms with van der Waals surface area (Å²) in [6, 6.07) is 0. The Morgan fingerprint density at radius 2 is 1.03 bits per heavy atom. The monoisotopic (exact) mass is 487 g/mol. The van der Waals surface area contributed by atoms with Crippen LogP contribution in [-0.2, 0) is 19.5 Å². The maximum atomic E-state index is 13.5. The first-order chi connectivity index (χ1) is 12.5. The number of rotatable bonds is 10.